The Labute approximate surface area is 129 Å². The second-order valence-corrected chi connectivity index (χ2v) is 5.52. The zero-order chi connectivity index (χ0) is 13.7. The van der Waals surface area contributed by atoms with Crippen molar-refractivity contribution >= 4 is 29.7 Å². The molecule has 3 nitrogen and oxygen atoms in total. The minimum Gasteiger partial charge on any atom is -0.347 e. The van der Waals surface area contributed by atoms with Crippen molar-refractivity contribution in [3.8, 4) is 0 Å². The van der Waals surface area contributed by atoms with Crippen molar-refractivity contribution < 1.29 is 4.79 Å². The topological polar surface area (TPSA) is 55.1 Å². The molecule has 1 aromatic heterocycles. The highest BCUT2D eigenvalue weighted by Crippen LogP contribution is 2.18. The summed E-state index contributed by atoms with van der Waals surface area (Å²) in [5.74, 6) is -0.107. The molecule has 5 heteroatoms. The van der Waals surface area contributed by atoms with Crippen LogP contribution in [-0.4, -0.2) is 11.9 Å². The van der Waals surface area contributed by atoms with Crippen molar-refractivity contribution in [1.29, 1.82) is 0 Å². The van der Waals surface area contributed by atoms with Gasteiger partial charge in [-0.1, -0.05) is 36.4 Å². The van der Waals surface area contributed by atoms with Crippen LogP contribution in [0.5, 0.6) is 0 Å². The molecule has 0 saturated heterocycles. The summed E-state index contributed by atoms with van der Waals surface area (Å²) < 4.78 is 0. The van der Waals surface area contributed by atoms with Gasteiger partial charge in [0.25, 0.3) is 0 Å². The third kappa shape index (κ3) is 4.63. The van der Waals surface area contributed by atoms with Crippen molar-refractivity contribution in [2.24, 2.45) is 5.73 Å². The summed E-state index contributed by atoms with van der Waals surface area (Å²) in [6.45, 7) is 1.97. The SMILES string of the molecule is CC(NC(=O)C(N)Cc1ccccc1)c1cccs1.Cl. The van der Waals surface area contributed by atoms with Gasteiger partial charge >= 0.3 is 0 Å². The maximum Gasteiger partial charge on any atom is 0.237 e. The maximum absolute atomic E-state index is 12.0. The summed E-state index contributed by atoms with van der Waals surface area (Å²) >= 11 is 1.63. The second-order valence-electron chi connectivity index (χ2n) is 4.54. The Bertz CT molecular complexity index is 516. The predicted molar refractivity (Wildman–Crippen MR) is 86.2 cm³/mol. The molecule has 0 spiro atoms. The van der Waals surface area contributed by atoms with Gasteiger partial charge in [0, 0.05) is 4.88 Å². The summed E-state index contributed by atoms with van der Waals surface area (Å²) in [4.78, 5) is 13.2. The number of rotatable bonds is 5. The quantitative estimate of drug-likeness (QED) is 0.892. The van der Waals surface area contributed by atoms with Crippen LogP contribution in [0.15, 0.2) is 47.8 Å². The van der Waals surface area contributed by atoms with Gasteiger partial charge in [-0.25, -0.2) is 0 Å². The van der Waals surface area contributed by atoms with Crippen molar-refractivity contribution in [1.82, 2.24) is 5.32 Å². The Morgan fingerprint density at radius 1 is 1.25 bits per heavy atom. The van der Waals surface area contributed by atoms with Gasteiger partial charge < -0.3 is 11.1 Å². The number of thiophene rings is 1. The van der Waals surface area contributed by atoms with Crippen LogP contribution in [0.1, 0.15) is 23.4 Å². The molecule has 2 rings (SSSR count). The van der Waals surface area contributed by atoms with Crippen LogP contribution < -0.4 is 11.1 Å². The zero-order valence-corrected chi connectivity index (χ0v) is 12.9. The predicted octanol–water partition coefficient (Wildman–Crippen LogP) is 2.92. The van der Waals surface area contributed by atoms with Crippen molar-refractivity contribution in [2.75, 3.05) is 0 Å². The van der Waals surface area contributed by atoms with Crippen LogP contribution in [-0.2, 0) is 11.2 Å². The first kappa shape index (κ1) is 16.7. The Kier molecular flexibility index (Phi) is 6.71. The first-order valence-corrected chi connectivity index (χ1v) is 7.18. The van der Waals surface area contributed by atoms with E-state index in [1.54, 1.807) is 11.3 Å². The van der Waals surface area contributed by atoms with E-state index in [4.69, 9.17) is 5.73 Å². The van der Waals surface area contributed by atoms with E-state index in [-0.39, 0.29) is 24.4 Å². The van der Waals surface area contributed by atoms with Gasteiger partial charge in [-0.05, 0) is 30.4 Å². The molecule has 1 aromatic carbocycles. The first-order chi connectivity index (χ1) is 9.16. The van der Waals surface area contributed by atoms with E-state index >= 15 is 0 Å². The van der Waals surface area contributed by atoms with Crippen molar-refractivity contribution in [3.05, 3.63) is 58.3 Å². The Morgan fingerprint density at radius 2 is 1.95 bits per heavy atom. The average Bonchev–Trinajstić information content (AvgIpc) is 2.93. The van der Waals surface area contributed by atoms with Crippen LogP contribution in [0.2, 0.25) is 0 Å². The fourth-order valence-corrected chi connectivity index (χ4v) is 2.62. The van der Waals surface area contributed by atoms with Gasteiger partial charge in [0.05, 0.1) is 12.1 Å². The molecule has 0 bridgehead atoms. The third-order valence-corrected chi connectivity index (χ3v) is 4.02. The van der Waals surface area contributed by atoms with Gasteiger partial charge in [-0.2, -0.15) is 0 Å². The molecule has 2 unspecified atom stereocenters. The van der Waals surface area contributed by atoms with E-state index in [1.165, 1.54) is 0 Å². The fourth-order valence-electron chi connectivity index (χ4n) is 1.89. The highest BCUT2D eigenvalue weighted by molar-refractivity contribution is 7.10. The number of nitrogens with one attached hydrogen (secondary N) is 1. The Balaban J connectivity index is 0.00000200. The number of halogens is 1. The fraction of sp³-hybridized carbons (Fsp3) is 0.267. The minimum atomic E-state index is -0.509. The lowest BCUT2D eigenvalue weighted by molar-refractivity contribution is -0.122. The van der Waals surface area contributed by atoms with Crippen LogP contribution in [0.3, 0.4) is 0 Å². The number of benzene rings is 1. The lowest BCUT2D eigenvalue weighted by atomic mass is 10.1. The largest absolute Gasteiger partial charge is 0.347 e. The maximum atomic E-state index is 12.0. The van der Waals surface area contributed by atoms with Gasteiger partial charge in [-0.15, -0.1) is 23.7 Å². The molecule has 0 fully saturated rings. The van der Waals surface area contributed by atoms with Crippen molar-refractivity contribution in [3.63, 3.8) is 0 Å². The molecular formula is C15H19ClN2OS. The average molecular weight is 311 g/mol. The van der Waals surface area contributed by atoms with Crippen LogP contribution in [0.4, 0.5) is 0 Å². The van der Waals surface area contributed by atoms with E-state index in [2.05, 4.69) is 5.32 Å². The summed E-state index contributed by atoms with van der Waals surface area (Å²) in [7, 11) is 0. The molecule has 1 amide bonds. The molecule has 2 atom stereocenters. The Morgan fingerprint density at radius 3 is 2.55 bits per heavy atom. The second kappa shape index (κ2) is 8.04. The monoisotopic (exact) mass is 310 g/mol. The molecule has 108 valence electrons. The molecule has 2 aromatic rings. The zero-order valence-electron chi connectivity index (χ0n) is 11.3. The molecule has 0 aliphatic carbocycles. The molecule has 20 heavy (non-hydrogen) atoms. The lowest BCUT2D eigenvalue weighted by Gasteiger charge is -2.16. The van der Waals surface area contributed by atoms with Crippen LogP contribution >= 0.6 is 23.7 Å². The number of carbonyl (C=O) groups excluding carboxylic acids is 1. The third-order valence-electron chi connectivity index (χ3n) is 2.96. The van der Waals surface area contributed by atoms with E-state index in [0.717, 1.165) is 10.4 Å². The molecule has 0 aliphatic heterocycles. The number of hydrogen-bond donors (Lipinski definition) is 2. The van der Waals surface area contributed by atoms with E-state index in [1.807, 2.05) is 54.8 Å². The molecule has 0 aliphatic rings. The first-order valence-electron chi connectivity index (χ1n) is 6.30. The highest BCUT2D eigenvalue weighted by Gasteiger charge is 2.17. The standard InChI is InChI=1S/C15H18N2OS.ClH/c1-11(14-8-5-9-19-14)17-15(18)13(16)10-12-6-3-2-4-7-12;/h2-9,11,13H,10,16H2,1H3,(H,17,18);1H. The van der Waals surface area contributed by atoms with E-state index < -0.39 is 6.04 Å². The molecule has 1 heterocycles. The van der Waals surface area contributed by atoms with Gasteiger partial charge in [0.15, 0.2) is 0 Å². The van der Waals surface area contributed by atoms with Gasteiger partial charge in [0.2, 0.25) is 5.91 Å². The molecule has 3 N–H and O–H groups in total. The Hall–Kier alpha value is -1.36. The highest BCUT2D eigenvalue weighted by atomic mass is 35.5. The van der Waals surface area contributed by atoms with Gasteiger partial charge in [0.1, 0.15) is 0 Å². The van der Waals surface area contributed by atoms with Crippen LogP contribution in [0.25, 0.3) is 0 Å². The summed E-state index contributed by atoms with van der Waals surface area (Å²) in [6, 6.07) is 13.3. The van der Waals surface area contributed by atoms with Gasteiger partial charge in [-0.3, -0.25) is 4.79 Å². The number of nitrogens with two attached hydrogens (primary N) is 1. The smallest absolute Gasteiger partial charge is 0.237 e. The number of carbonyl (C=O) groups is 1. The summed E-state index contributed by atoms with van der Waals surface area (Å²) in [5.41, 5.74) is 7.02. The van der Waals surface area contributed by atoms with E-state index in [0.29, 0.717) is 6.42 Å². The molecular weight excluding hydrogens is 292 g/mol. The van der Waals surface area contributed by atoms with E-state index in [9.17, 15) is 4.79 Å². The molecule has 0 saturated carbocycles. The van der Waals surface area contributed by atoms with Crippen LogP contribution in [0, 0.1) is 0 Å². The number of hydrogen-bond acceptors (Lipinski definition) is 3. The molecule has 0 radical (unpaired) electrons. The van der Waals surface area contributed by atoms with Crippen molar-refractivity contribution in [2.45, 2.75) is 25.4 Å². The summed E-state index contributed by atoms with van der Waals surface area (Å²) in [6.07, 6.45) is 0.559. The summed E-state index contributed by atoms with van der Waals surface area (Å²) in [5, 5.41) is 4.95. The lowest BCUT2D eigenvalue weighted by Crippen LogP contribution is -2.42. The minimum absolute atomic E-state index is 0. The number of amides is 1. The normalized spacial score (nSPS) is 13.1.